The normalized spacial score (nSPS) is 12.9. The summed E-state index contributed by atoms with van der Waals surface area (Å²) in [6.45, 7) is 4.97. The number of hydrogen-bond acceptors (Lipinski definition) is 4. The lowest BCUT2D eigenvalue weighted by molar-refractivity contribution is -0.137. The minimum absolute atomic E-state index is 0.285. The smallest absolute Gasteiger partial charge is 0.330 e. The van der Waals surface area contributed by atoms with E-state index in [1.165, 1.54) is 11.6 Å². The molecule has 88 valence electrons. The molecule has 1 unspecified atom stereocenters. The van der Waals surface area contributed by atoms with Crippen molar-refractivity contribution in [2.75, 3.05) is 13.2 Å². The second kappa shape index (κ2) is 7.19. The molecule has 0 saturated heterocycles. The average Bonchev–Trinajstić information content (AvgIpc) is 2.78. The maximum absolute atomic E-state index is 11.0. The molecule has 0 fully saturated rings. The van der Waals surface area contributed by atoms with Gasteiger partial charge in [-0.1, -0.05) is 6.08 Å². The second-order valence-electron chi connectivity index (χ2n) is 3.34. The third-order valence-electron chi connectivity index (χ3n) is 2.13. The first-order valence-electron chi connectivity index (χ1n) is 5.32. The lowest BCUT2D eigenvalue weighted by Gasteiger charge is -2.09. The van der Waals surface area contributed by atoms with E-state index < -0.39 is 0 Å². The van der Waals surface area contributed by atoms with Crippen LogP contribution in [0, 0.1) is 0 Å². The SMILES string of the molecule is CCOC(=O)/C=C/CNC(C)c1ccsc1. The van der Waals surface area contributed by atoms with Gasteiger partial charge in [-0.25, -0.2) is 4.79 Å². The van der Waals surface area contributed by atoms with Crippen molar-refractivity contribution < 1.29 is 9.53 Å². The van der Waals surface area contributed by atoms with Gasteiger partial charge in [-0.2, -0.15) is 11.3 Å². The molecule has 1 atom stereocenters. The molecule has 3 nitrogen and oxygen atoms in total. The van der Waals surface area contributed by atoms with Crippen LogP contribution in [0.15, 0.2) is 29.0 Å². The summed E-state index contributed by atoms with van der Waals surface area (Å²) in [5, 5.41) is 7.47. The Morgan fingerprint density at radius 3 is 3.12 bits per heavy atom. The second-order valence-corrected chi connectivity index (χ2v) is 4.12. The average molecular weight is 239 g/mol. The number of thiophene rings is 1. The van der Waals surface area contributed by atoms with E-state index >= 15 is 0 Å². The molecule has 4 heteroatoms. The zero-order chi connectivity index (χ0) is 11.8. The molecule has 0 radical (unpaired) electrons. The highest BCUT2D eigenvalue weighted by atomic mass is 32.1. The van der Waals surface area contributed by atoms with Crippen LogP contribution in [0.1, 0.15) is 25.5 Å². The Kier molecular flexibility index (Phi) is 5.82. The highest BCUT2D eigenvalue weighted by molar-refractivity contribution is 7.07. The lowest BCUT2D eigenvalue weighted by atomic mass is 10.2. The molecule has 1 aromatic rings. The van der Waals surface area contributed by atoms with Crippen molar-refractivity contribution in [3.8, 4) is 0 Å². The molecule has 0 aliphatic rings. The first-order chi connectivity index (χ1) is 7.74. The Balaban J connectivity index is 2.23. The summed E-state index contributed by atoms with van der Waals surface area (Å²) in [6, 6.07) is 2.40. The largest absolute Gasteiger partial charge is 0.463 e. The van der Waals surface area contributed by atoms with Crippen LogP contribution in [0.4, 0.5) is 0 Å². The Morgan fingerprint density at radius 1 is 1.69 bits per heavy atom. The Morgan fingerprint density at radius 2 is 2.50 bits per heavy atom. The summed E-state index contributed by atoms with van der Waals surface area (Å²) >= 11 is 1.69. The van der Waals surface area contributed by atoms with E-state index in [2.05, 4.69) is 29.1 Å². The molecule has 0 bridgehead atoms. The van der Waals surface area contributed by atoms with Gasteiger partial charge >= 0.3 is 5.97 Å². The molecule has 0 aromatic carbocycles. The predicted octanol–water partition coefficient (Wildman–Crippen LogP) is 2.52. The van der Waals surface area contributed by atoms with Crippen LogP contribution in [0.25, 0.3) is 0 Å². The molecule has 0 spiro atoms. The third kappa shape index (κ3) is 4.59. The lowest BCUT2D eigenvalue weighted by Crippen LogP contribution is -2.18. The van der Waals surface area contributed by atoms with Crippen molar-refractivity contribution in [1.82, 2.24) is 5.32 Å². The van der Waals surface area contributed by atoms with E-state index in [-0.39, 0.29) is 5.97 Å². The molecule has 1 heterocycles. The Bertz CT molecular complexity index is 333. The van der Waals surface area contributed by atoms with Crippen LogP contribution in [0.2, 0.25) is 0 Å². The van der Waals surface area contributed by atoms with E-state index in [1.54, 1.807) is 24.3 Å². The van der Waals surface area contributed by atoms with Gasteiger partial charge < -0.3 is 10.1 Å². The number of carbonyl (C=O) groups is 1. The zero-order valence-electron chi connectivity index (χ0n) is 9.60. The Hall–Kier alpha value is -1.13. The van der Waals surface area contributed by atoms with E-state index in [1.807, 2.05) is 0 Å². The third-order valence-corrected chi connectivity index (χ3v) is 2.83. The van der Waals surface area contributed by atoms with Crippen LogP contribution >= 0.6 is 11.3 Å². The van der Waals surface area contributed by atoms with Gasteiger partial charge in [0.1, 0.15) is 0 Å². The maximum Gasteiger partial charge on any atom is 0.330 e. The fourth-order valence-corrected chi connectivity index (χ4v) is 1.98. The molecule has 0 aliphatic heterocycles. The van der Waals surface area contributed by atoms with Crippen molar-refractivity contribution in [1.29, 1.82) is 0 Å². The highest BCUT2D eigenvalue weighted by Crippen LogP contribution is 2.14. The van der Waals surface area contributed by atoms with Crippen LogP contribution in [-0.2, 0) is 9.53 Å². The van der Waals surface area contributed by atoms with Gasteiger partial charge in [-0.15, -0.1) is 0 Å². The van der Waals surface area contributed by atoms with Crippen LogP contribution < -0.4 is 5.32 Å². The van der Waals surface area contributed by atoms with E-state index in [4.69, 9.17) is 4.74 Å². The van der Waals surface area contributed by atoms with Gasteiger partial charge in [0, 0.05) is 18.7 Å². The fraction of sp³-hybridized carbons (Fsp3) is 0.417. The summed E-state index contributed by atoms with van der Waals surface area (Å²) in [7, 11) is 0. The number of esters is 1. The highest BCUT2D eigenvalue weighted by Gasteiger charge is 2.02. The van der Waals surface area contributed by atoms with E-state index in [0.717, 1.165) is 0 Å². The molecule has 1 aromatic heterocycles. The summed E-state index contributed by atoms with van der Waals surface area (Å²) in [4.78, 5) is 11.0. The molecular formula is C12H17NO2S. The topological polar surface area (TPSA) is 38.3 Å². The van der Waals surface area contributed by atoms with E-state index in [0.29, 0.717) is 19.2 Å². The maximum atomic E-state index is 11.0. The van der Waals surface area contributed by atoms with E-state index in [9.17, 15) is 4.79 Å². The molecule has 0 amide bonds. The molecule has 1 N–H and O–H groups in total. The van der Waals surface area contributed by atoms with Gasteiger partial charge in [0.15, 0.2) is 0 Å². The van der Waals surface area contributed by atoms with Gasteiger partial charge in [-0.3, -0.25) is 0 Å². The monoisotopic (exact) mass is 239 g/mol. The molecular weight excluding hydrogens is 222 g/mol. The molecule has 0 aliphatic carbocycles. The summed E-state index contributed by atoms with van der Waals surface area (Å²) in [6.07, 6.45) is 3.23. The number of ether oxygens (including phenoxy) is 1. The van der Waals surface area contributed by atoms with Crippen LogP contribution in [-0.4, -0.2) is 19.1 Å². The number of rotatable bonds is 6. The van der Waals surface area contributed by atoms with Gasteiger partial charge in [0.25, 0.3) is 0 Å². The number of hydrogen-bond donors (Lipinski definition) is 1. The molecule has 0 saturated carbocycles. The standard InChI is InChI=1S/C12H17NO2S/c1-3-15-12(14)5-4-7-13-10(2)11-6-8-16-9-11/h4-6,8-10,13H,3,7H2,1-2H3/b5-4+. The molecule has 1 rings (SSSR count). The van der Waals surface area contributed by atoms with Crippen LogP contribution in [0.5, 0.6) is 0 Å². The van der Waals surface area contributed by atoms with Crippen LogP contribution in [0.3, 0.4) is 0 Å². The fourth-order valence-electron chi connectivity index (χ4n) is 1.23. The number of carbonyl (C=O) groups excluding carboxylic acids is 1. The first-order valence-corrected chi connectivity index (χ1v) is 6.27. The van der Waals surface area contributed by atoms with Crippen molar-refractivity contribution in [3.05, 3.63) is 34.5 Å². The minimum atomic E-state index is -0.285. The van der Waals surface area contributed by atoms with Crippen molar-refractivity contribution in [3.63, 3.8) is 0 Å². The quantitative estimate of drug-likeness (QED) is 0.612. The molecule has 16 heavy (non-hydrogen) atoms. The summed E-state index contributed by atoms with van der Waals surface area (Å²) in [5.74, 6) is -0.285. The first kappa shape index (κ1) is 12.9. The summed E-state index contributed by atoms with van der Waals surface area (Å²) in [5.41, 5.74) is 1.27. The zero-order valence-corrected chi connectivity index (χ0v) is 10.4. The minimum Gasteiger partial charge on any atom is -0.463 e. The Labute approximate surface area is 100 Å². The van der Waals surface area contributed by atoms with Crippen molar-refractivity contribution >= 4 is 17.3 Å². The summed E-state index contributed by atoms with van der Waals surface area (Å²) < 4.78 is 4.77. The van der Waals surface area contributed by atoms with Crippen molar-refractivity contribution in [2.24, 2.45) is 0 Å². The van der Waals surface area contributed by atoms with Crippen molar-refractivity contribution in [2.45, 2.75) is 19.9 Å². The van der Waals surface area contributed by atoms with Gasteiger partial charge in [0.2, 0.25) is 0 Å². The van der Waals surface area contributed by atoms with Gasteiger partial charge in [0.05, 0.1) is 6.61 Å². The van der Waals surface area contributed by atoms with Gasteiger partial charge in [-0.05, 0) is 36.2 Å². The number of nitrogens with one attached hydrogen (secondary N) is 1. The predicted molar refractivity (Wildman–Crippen MR) is 66.5 cm³/mol.